The zero-order valence-electron chi connectivity index (χ0n) is 7.96. The van der Waals surface area contributed by atoms with Crippen molar-refractivity contribution in [3.05, 3.63) is 29.8 Å². The largest absolute Gasteiger partial charge is 0.429 e. The van der Waals surface area contributed by atoms with Crippen LogP contribution < -0.4 is 4.90 Å². The Labute approximate surface area is 100 Å². The Morgan fingerprint density at radius 3 is 2.50 bits per heavy atom. The van der Waals surface area contributed by atoms with Gasteiger partial charge in [0.25, 0.3) is 0 Å². The normalized spacial score (nSPS) is 8.92. The molecule has 0 saturated carbocycles. The Kier molecular flexibility index (Phi) is 5.77. The van der Waals surface area contributed by atoms with Crippen molar-refractivity contribution in [3.8, 4) is 0 Å². The van der Waals surface area contributed by atoms with Crippen molar-refractivity contribution in [2.24, 2.45) is 0 Å². The van der Waals surface area contributed by atoms with E-state index in [1.165, 1.54) is 11.3 Å². The summed E-state index contributed by atoms with van der Waals surface area (Å²) in [6.07, 6.45) is 1.08. The van der Waals surface area contributed by atoms with Gasteiger partial charge < -0.3 is 4.90 Å². The van der Waals surface area contributed by atoms with Gasteiger partial charge in [-0.3, -0.25) is 0 Å². The molecular formula is C10H14NY-. The van der Waals surface area contributed by atoms with Crippen molar-refractivity contribution in [1.82, 2.24) is 0 Å². The number of rotatable bonds is 2. The Balaban J connectivity index is 0.00000121. The Morgan fingerprint density at radius 2 is 2.00 bits per heavy atom. The van der Waals surface area contributed by atoms with Crippen LogP contribution in [0, 0.1) is 6.07 Å². The third kappa shape index (κ3) is 3.24. The molecule has 0 heterocycles. The molecule has 1 radical (unpaired) electrons. The van der Waals surface area contributed by atoms with Crippen LogP contribution >= 0.6 is 0 Å². The van der Waals surface area contributed by atoms with E-state index in [1.54, 1.807) is 0 Å². The maximum atomic E-state index is 3.12. The predicted octanol–water partition coefficient (Wildman–Crippen LogP) is 2.11. The average Bonchev–Trinajstić information content (AvgIpc) is 2.05. The molecule has 1 aromatic rings. The molecule has 12 heavy (non-hydrogen) atoms. The number of benzene rings is 1. The molecule has 0 bridgehead atoms. The number of hydrogen-bond donors (Lipinski definition) is 0. The first-order valence-corrected chi connectivity index (χ1v) is 3.91. The monoisotopic (exact) mass is 237 g/mol. The van der Waals surface area contributed by atoms with Crippen molar-refractivity contribution >= 4 is 5.69 Å². The second-order valence-corrected chi connectivity index (χ2v) is 2.85. The van der Waals surface area contributed by atoms with Crippen LogP contribution in [0.5, 0.6) is 0 Å². The van der Waals surface area contributed by atoms with Crippen LogP contribution in [0.25, 0.3) is 0 Å². The quantitative estimate of drug-likeness (QED) is 0.712. The molecule has 0 fully saturated rings. The fourth-order valence-electron chi connectivity index (χ4n) is 0.970. The van der Waals surface area contributed by atoms with Gasteiger partial charge in [-0.2, -0.15) is 23.8 Å². The fraction of sp³-hybridized carbons (Fsp3) is 0.400. The molecule has 1 nitrogen and oxygen atoms in total. The summed E-state index contributed by atoms with van der Waals surface area (Å²) in [6, 6.07) is 9.35. The van der Waals surface area contributed by atoms with Gasteiger partial charge in [-0.25, -0.2) is 0 Å². The summed E-state index contributed by atoms with van der Waals surface area (Å²) < 4.78 is 0. The molecule has 0 saturated heterocycles. The summed E-state index contributed by atoms with van der Waals surface area (Å²) in [4.78, 5) is 2.09. The van der Waals surface area contributed by atoms with E-state index in [0.717, 1.165) is 6.42 Å². The van der Waals surface area contributed by atoms with Crippen molar-refractivity contribution in [2.45, 2.75) is 13.3 Å². The van der Waals surface area contributed by atoms with Crippen LogP contribution in [0.2, 0.25) is 0 Å². The topological polar surface area (TPSA) is 3.24 Å². The van der Waals surface area contributed by atoms with E-state index in [1.807, 2.05) is 26.2 Å². The minimum absolute atomic E-state index is 0. The van der Waals surface area contributed by atoms with Crippen LogP contribution in [0.15, 0.2) is 18.2 Å². The molecule has 1 aromatic carbocycles. The predicted molar refractivity (Wildman–Crippen MR) is 49.0 cm³/mol. The summed E-state index contributed by atoms with van der Waals surface area (Å²) in [7, 11) is 4.09. The third-order valence-corrected chi connectivity index (χ3v) is 1.76. The van der Waals surface area contributed by atoms with Gasteiger partial charge in [-0.15, -0.1) is 6.07 Å². The van der Waals surface area contributed by atoms with E-state index >= 15 is 0 Å². The Hall–Kier alpha value is 0.124. The summed E-state index contributed by atoms with van der Waals surface area (Å²) in [5.41, 5.74) is 2.57. The molecule has 0 aliphatic heterocycles. The maximum absolute atomic E-state index is 3.12. The van der Waals surface area contributed by atoms with Gasteiger partial charge in [0.15, 0.2) is 0 Å². The Bertz CT molecular complexity index is 233. The molecule has 63 valence electrons. The zero-order chi connectivity index (χ0) is 8.27. The number of anilines is 1. The van der Waals surface area contributed by atoms with Gasteiger partial charge in [0.05, 0.1) is 0 Å². The van der Waals surface area contributed by atoms with Crippen molar-refractivity contribution in [3.63, 3.8) is 0 Å². The van der Waals surface area contributed by atoms with Crippen LogP contribution in [-0.4, -0.2) is 14.1 Å². The van der Waals surface area contributed by atoms with Crippen LogP contribution in [0.4, 0.5) is 5.69 Å². The van der Waals surface area contributed by atoms with Crippen LogP contribution in [-0.2, 0) is 39.1 Å². The van der Waals surface area contributed by atoms with E-state index < -0.39 is 0 Å². The fourth-order valence-corrected chi connectivity index (χ4v) is 0.970. The van der Waals surface area contributed by atoms with Crippen molar-refractivity contribution < 1.29 is 32.7 Å². The molecular weight excluding hydrogens is 223 g/mol. The molecule has 0 aliphatic rings. The van der Waals surface area contributed by atoms with Gasteiger partial charge >= 0.3 is 0 Å². The second-order valence-electron chi connectivity index (χ2n) is 2.85. The van der Waals surface area contributed by atoms with Crippen LogP contribution in [0.1, 0.15) is 12.5 Å². The summed E-state index contributed by atoms with van der Waals surface area (Å²) in [5.74, 6) is 0. The Morgan fingerprint density at radius 1 is 1.33 bits per heavy atom. The number of nitrogens with zero attached hydrogens (tertiary/aromatic N) is 1. The van der Waals surface area contributed by atoms with Gasteiger partial charge in [-0.1, -0.05) is 19.0 Å². The van der Waals surface area contributed by atoms with Gasteiger partial charge in [0.1, 0.15) is 0 Å². The molecule has 0 spiro atoms. The van der Waals surface area contributed by atoms with E-state index in [9.17, 15) is 0 Å². The SMILES string of the molecule is CCc1c[c-]cc(N(C)C)c1.[Y]. The molecule has 0 amide bonds. The van der Waals surface area contributed by atoms with E-state index in [0.29, 0.717) is 0 Å². The van der Waals surface area contributed by atoms with Crippen molar-refractivity contribution in [2.75, 3.05) is 19.0 Å². The molecule has 2 heteroatoms. The van der Waals surface area contributed by atoms with Crippen LogP contribution in [0.3, 0.4) is 0 Å². The van der Waals surface area contributed by atoms with E-state index in [4.69, 9.17) is 0 Å². The summed E-state index contributed by atoms with van der Waals surface area (Å²) in [6.45, 7) is 2.16. The minimum atomic E-state index is 0. The standard InChI is InChI=1S/C10H14N.Y/c1-4-9-6-5-7-10(8-9)11(2)3;/h6-8H,4H2,1-3H3;/q-1;. The minimum Gasteiger partial charge on any atom is -0.429 e. The van der Waals surface area contributed by atoms with Gasteiger partial charge in [-0.05, 0) is 14.1 Å². The first-order chi connectivity index (χ1) is 5.24. The first-order valence-electron chi connectivity index (χ1n) is 3.91. The van der Waals surface area contributed by atoms with E-state index in [2.05, 4.69) is 24.0 Å². The molecule has 1 rings (SSSR count). The molecule has 0 atom stereocenters. The average molecular weight is 237 g/mol. The summed E-state index contributed by atoms with van der Waals surface area (Å²) >= 11 is 0. The van der Waals surface area contributed by atoms with Crippen molar-refractivity contribution in [1.29, 1.82) is 0 Å². The summed E-state index contributed by atoms with van der Waals surface area (Å²) in [5, 5.41) is 0. The second kappa shape index (κ2) is 5.72. The zero-order valence-corrected chi connectivity index (χ0v) is 10.8. The molecule has 0 N–H and O–H groups in total. The third-order valence-electron chi connectivity index (χ3n) is 1.76. The first kappa shape index (κ1) is 12.1. The molecule has 0 aromatic heterocycles. The van der Waals surface area contributed by atoms with Gasteiger partial charge in [0, 0.05) is 32.7 Å². The maximum Gasteiger partial charge on any atom is 0 e. The number of hydrogen-bond acceptors (Lipinski definition) is 1. The van der Waals surface area contributed by atoms with E-state index in [-0.39, 0.29) is 32.7 Å². The molecule has 0 unspecified atom stereocenters. The smallest absolute Gasteiger partial charge is 0 e. The number of aryl methyl sites for hydroxylation is 1. The van der Waals surface area contributed by atoms with Gasteiger partial charge in [0.2, 0.25) is 0 Å². The molecule has 0 aliphatic carbocycles.